The third-order valence-corrected chi connectivity index (χ3v) is 3.34. The first-order chi connectivity index (χ1) is 6.77. The van der Waals surface area contributed by atoms with Gasteiger partial charge in [0.1, 0.15) is 0 Å². The van der Waals surface area contributed by atoms with Crippen LogP contribution in [0.1, 0.15) is 40.0 Å². The van der Waals surface area contributed by atoms with Crippen molar-refractivity contribution in [3.63, 3.8) is 0 Å². The fraction of sp³-hybridized carbons (Fsp3) is 1.00. The predicted octanol–water partition coefficient (Wildman–Crippen LogP) is 2.44. The van der Waals surface area contributed by atoms with Gasteiger partial charge in [0.05, 0.1) is 6.10 Å². The van der Waals surface area contributed by atoms with Crippen LogP contribution in [-0.4, -0.2) is 25.8 Å². The molecular weight excluding hydrogens is 174 g/mol. The molecule has 2 heteroatoms. The third kappa shape index (κ3) is 3.58. The summed E-state index contributed by atoms with van der Waals surface area (Å²) < 4.78 is 5.66. The molecule has 1 N–H and O–H groups in total. The quantitative estimate of drug-likeness (QED) is 0.709. The minimum Gasteiger partial charge on any atom is -0.378 e. The lowest BCUT2D eigenvalue weighted by Gasteiger charge is -2.18. The number of rotatable bonds is 6. The lowest BCUT2D eigenvalue weighted by Crippen LogP contribution is -2.30. The van der Waals surface area contributed by atoms with Crippen molar-refractivity contribution in [1.82, 2.24) is 5.32 Å². The Bertz CT molecular complexity index is 149. The summed E-state index contributed by atoms with van der Waals surface area (Å²) in [7, 11) is 0. The maximum absolute atomic E-state index is 5.66. The van der Waals surface area contributed by atoms with Crippen LogP contribution in [0, 0.1) is 11.8 Å². The number of nitrogens with one attached hydrogen (secondary N) is 1. The highest BCUT2D eigenvalue weighted by Gasteiger charge is 2.25. The van der Waals surface area contributed by atoms with Crippen LogP contribution < -0.4 is 5.32 Å². The molecular formula is C12H25NO. The highest BCUT2D eigenvalue weighted by Crippen LogP contribution is 2.22. The van der Waals surface area contributed by atoms with Gasteiger partial charge in [-0.2, -0.15) is 0 Å². The monoisotopic (exact) mass is 199 g/mol. The van der Waals surface area contributed by atoms with Crippen molar-refractivity contribution in [2.45, 2.75) is 46.1 Å². The second-order valence-electron chi connectivity index (χ2n) is 4.54. The van der Waals surface area contributed by atoms with E-state index in [1.165, 1.54) is 12.8 Å². The molecule has 1 heterocycles. The Kier molecular flexibility index (Phi) is 5.49. The van der Waals surface area contributed by atoms with E-state index in [-0.39, 0.29) is 0 Å². The molecule has 0 aliphatic carbocycles. The van der Waals surface area contributed by atoms with Gasteiger partial charge >= 0.3 is 0 Å². The molecule has 0 aromatic rings. The molecule has 1 aliphatic heterocycles. The van der Waals surface area contributed by atoms with Crippen molar-refractivity contribution in [3.8, 4) is 0 Å². The minimum atomic E-state index is 0.513. The van der Waals surface area contributed by atoms with Crippen molar-refractivity contribution in [3.05, 3.63) is 0 Å². The van der Waals surface area contributed by atoms with E-state index in [1.807, 2.05) is 0 Å². The zero-order valence-electron chi connectivity index (χ0n) is 9.88. The van der Waals surface area contributed by atoms with Crippen LogP contribution in [0.2, 0.25) is 0 Å². The zero-order valence-corrected chi connectivity index (χ0v) is 9.88. The van der Waals surface area contributed by atoms with Gasteiger partial charge in [-0.05, 0) is 31.2 Å². The Morgan fingerprint density at radius 2 is 2.21 bits per heavy atom. The molecule has 14 heavy (non-hydrogen) atoms. The van der Waals surface area contributed by atoms with Crippen molar-refractivity contribution in [2.75, 3.05) is 19.7 Å². The molecule has 0 bridgehead atoms. The van der Waals surface area contributed by atoms with Crippen molar-refractivity contribution in [1.29, 1.82) is 0 Å². The van der Waals surface area contributed by atoms with Crippen molar-refractivity contribution in [2.24, 2.45) is 11.8 Å². The Balaban J connectivity index is 2.11. The number of hydrogen-bond acceptors (Lipinski definition) is 2. The summed E-state index contributed by atoms with van der Waals surface area (Å²) in [6.45, 7) is 10.0. The maximum Gasteiger partial charge on any atom is 0.0613 e. The SMILES string of the molecule is CCC(C)CNCC1CCOC1CC. The standard InChI is InChI=1S/C12H25NO/c1-4-10(3)8-13-9-11-6-7-14-12(11)5-2/h10-13H,4-9H2,1-3H3. The van der Waals surface area contributed by atoms with Gasteiger partial charge in [0.2, 0.25) is 0 Å². The summed E-state index contributed by atoms with van der Waals surface area (Å²) in [5, 5.41) is 3.56. The summed E-state index contributed by atoms with van der Waals surface area (Å²) >= 11 is 0. The molecule has 0 saturated carbocycles. The molecule has 0 radical (unpaired) electrons. The van der Waals surface area contributed by atoms with Gasteiger partial charge in [0.15, 0.2) is 0 Å². The molecule has 1 rings (SSSR count). The molecule has 3 atom stereocenters. The fourth-order valence-corrected chi connectivity index (χ4v) is 2.04. The lowest BCUT2D eigenvalue weighted by atomic mass is 9.99. The third-order valence-electron chi connectivity index (χ3n) is 3.34. The predicted molar refractivity (Wildman–Crippen MR) is 60.5 cm³/mol. The van der Waals surface area contributed by atoms with Crippen LogP contribution in [0.3, 0.4) is 0 Å². The van der Waals surface area contributed by atoms with E-state index in [4.69, 9.17) is 4.74 Å². The largest absolute Gasteiger partial charge is 0.378 e. The van der Waals surface area contributed by atoms with E-state index in [1.54, 1.807) is 0 Å². The van der Waals surface area contributed by atoms with Crippen LogP contribution in [0.5, 0.6) is 0 Å². The lowest BCUT2D eigenvalue weighted by molar-refractivity contribution is 0.0871. The Hall–Kier alpha value is -0.0800. The van der Waals surface area contributed by atoms with Crippen LogP contribution >= 0.6 is 0 Å². The van der Waals surface area contributed by atoms with Crippen molar-refractivity contribution >= 4 is 0 Å². The average molecular weight is 199 g/mol. The Labute approximate surface area is 88.4 Å². The Morgan fingerprint density at radius 1 is 1.43 bits per heavy atom. The van der Waals surface area contributed by atoms with Gasteiger partial charge in [-0.1, -0.05) is 27.2 Å². The normalized spacial score (nSPS) is 29.4. The van der Waals surface area contributed by atoms with Gasteiger partial charge in [-0.3, -0.25) is 0 Å². The first-order valence-electron chi connectivity index (χ1n) is 6.10. The van der Waals surface area contributed by atoms with E-state index >= 15 is 0 Å². The van der Waals surface area contributed by atoms with Gasteiger partial charge in [-0.15, -0.1) is 0 Å². The topological polar surface area (TPSA) is 21.3 Å². The summed E-state index contributed by atoms with van der Waals surface area (Å²) in [6, 6.07) is 0. The summed E-state index contributed by atoms with van der Waals surface area (Å²) in [6.07, 6.45) is 4.19. The summed E-state index contributed by atoms with van der Waals surface area (Å²) in [4.78, 5) is 0. The number of hydrogen-bond donors (Lipinski definition) is 1. The minimum absolute atomic E-state index is 0.513. The smallest absolute Gasteiger partial charge is 0.0613 e. The molecule has 0 amide bonds. The molecule has 1 aliphatic rings. The summed E-state index contributed by atoms with van der Waals surface area (Å²) in [5.74, 6) is 1.56. The van der Waals surface area contributed by atoms with Crippen LogP contribution in [-0.2, 0) is 4.74 Å². The van der Waals surface area contributed by atoms with Crippen molar-refractivity contribution < 1.29 is 4.74 Å². The molecule has 3 unspecified atom stereocenters. The molecule has 84 valence electrons. The summed E-state index contributed by atoms with van der Waals surface area (Å²) in [5.41, 5.74) is 0. The molecule has 0 spiro atoms. The van der Waals surface area contributed by atoms with E-state index in [0.717, 1.165) is 38.0 Å². The average Bonchev–Trinajstić information content (AvgIpc) is 2.65. The second kappa shape index (κ2) is 6.41. The highest BCUT2D eigenvalue weighted by atomic mass is 16.5. The Morgan fingerprint density at radius 3 is 2.86 bits per heavy atom. The van der Waals surface area contributed by atoms with Gasteiger partial charge < -0.3 is 10.1 Å². The van der Waals surface area contributed by atoms with Gasteiger partial charge in [0, 0.05) is 13.2 Å². The first-order valence-corrected chi connectivity index (χ1v) is 6.10. The van der Waals surface area contributed by atoms with E-state index in [9.17, 15) is 0 Å². The first kappa shape index (κ1) is 12.0. The van der Waals surface area contributed by atoms with Crippen LogP contribution in [0.4, 0.5) is 0 Å². The van der Waals surface area contributed by atoms with Gasteiger partial charge in [0.25, 0.3) is 0 Å². The van der Waals surface area contributed by atoms with E-state index in [0.29, 0.717) is 6.10 Å². The number of ether oxygens (including phenoxy) is 1. The molecule has 1 saturated heterocycles. The van der Waals surface area contributed by atoms with E-state index in [2.05, 4.69) is 26.1 Å². The van der Waals surface area contributed by atoms with Gasteiger partial charge in [-0.25, -0.2) is 0 Å². The molecule has 2 nitrogen and oxygen atoms in total. The maximum atomic E-state index is 5.66. The van der Waals surface area contributed by atoms with E-state index < -0.39 is 0 Å². The molecule has 1 fully saturated rings. The van der Waals surface area contributed by atoms with Crippen LogP contribution in [0.15, 0.2) is 0 Å². The highest BCUT2D eigenvalue weighted by molar-refractivity contribution is 4.77. The molecule has 0 aromatic carbocycles. The van der Waals surface area contributed by atoms with Crippen LogP contribution in [0.25, 0.3) is 0 Å². The second-order valence-corrected chi connectivity index (χ2v) is 4.54. The molecule has 0 aromatic heterocycles. The fourth-order valence-electron chi connectivity index (χ4n) is 2.04. The zero-order chi connectivity index (χ0) is 10.4.